The molecule has 128 valence electrons. The van der Waals surface area contributed by atoms with E-state index < -0.39 is 5.82 Å². The second-order valence-corrected chi connectivity index (χ2v) is 5.53. The van der Waals surface area contributed by atoms with E-state index in [9.17, 15) is 9.18 Å². The maximum atomic E-state index is 13.4. The molecule has 2 N–H and O–H groups in total. The Labute approximate surface area is 144 Å². The minimum absolute atomic E-state index is 0.202. The number of carbonyl (C=O) groups is 1. The Morgan fingerprint density at radius 3 is 2.76 bits per heavy atom. The fourth-order valence-corrected chi connectivity index (χ4v) is 2.51. The number of carbonyl (C=O) groups excluding carboxylic acids is 1. The molecule has 0 radical (unpaired) electrons. The van der Waals surface area contributed by atoms with Gasteiger partial charge in [0.15, 0.2) is 0 Å². The van der Waals surface area contributed by atoms with Gasteiger partial charge >= 0.3 is 0 Å². The second kappa shape index (κ2) is 7.23. The monoisotopic (exact) mass is 340 g/mol. The third-order valence-corrected chi connectivity index (χ3v) is 3.90. The van der Waals surface area contributed by atoms with Gasteiger partial charge in [-0.1, -0.05) is 6.07 Å². The lowest BCUT2D eigenvalue weighted by atomic mass is 10.1. The van der Waals surface area contributed by atoms with Crippen molar-refractivity contribution in [2.24, 2.45) is 0 Å². The van der Waals surface area contributed by atoms with Crippen molar-refractivity contribution in [3.05, 3.63) is 77.1 Å². The first-order chi connectivity index (χ1) is 12.1. The van der Waals surface area contributed by atoms with Crippen molar-refractivity contribution in [1.82, 2.24) is 20.1 Å². The summed E-state index contributed by atoms with van der Waals surface area (Å²) in [5, 5.41) is 16.1. The molecule has 1 amide bonds. The van der Waals surface area contributed by atoms with E-state index in [2.05, 4.69) is 15.4 Å². The lowest BCUT2D eigenvalue weighted by Gasteiger charge is -2.08. The lowest BCUT2D eigenvalue weighted by Crippen LogP contribution is -2.23. The van der Waals surface area contributed by atoms with Crippen molar-refractivity contribution in [2.75, 3.05) is 0 Å². The summed E-state index contributed by atoms with van der Waals surface area (Å²) in [6.07, 6.45) is 4.82. The van der Waals surface area contributed by atoms with Gasteiger partial charge in [0.05, 0.1) is 29.7 Å². The summed E-state index contributed by atoms with van der Waals surface area (Å²) in [4.78, 5) is 16.4. The number of halogens is 1. The van der Waals surface area contributed by atoms with Gasteiger partial charge in [0, 0.05) is 24.5 Å². The largest absolute Gasteiger partial charge is 0.392 e. The average Bonchev–Trinajstić information content (AvgIpc) is 3.03. The number of aliphatic hydroxyl groups is 1. The van der Waals surface area contributed by atoms with Crippen molar-refractivity contribution < 1.29 is 14.3 Å². The summed E-state index contributed by atoms with van der Waals surface area (Å²) < 4.78 is 15.1. The molecule has 0 spiro atoms. The number of amides is 1. The number of hydrogen-bond donors (Lipinski definition) is 2. The number of pyridine rings is 1. The first-order valence-electron chi connectivity index (χ1n) is 7.71. The molecule has 2 aromatic heterocycles. The van der Waals surface area contributed by atoms with Crippen LogP contribution < -0.4 is 5.32 Å². The second-order valence-electron chi connectivity index (χ2n) is 5.53. The molecule has 1 aromatic carbocycles. The average molecular weight is 340 g/mol. The van der Waals surface area contributed by atoms with Gasteiger partial charge in [-0.15, -0.1) is 0 Å². The predicted octanol–water partition coefficient (Wildman–Crippen LogP) is 2.14. The number of rotatable bonds is 5. The van der Waals surface area contributed by atoms with Crippen LogP contribution in [-0.2, 0) is 13.2 Å². The van der Waals surface area contributed by atoms with Gasteiger partial charge < -0.3 is 10.4 Å². The molecule has 6 nitrogen and oxygen atoms in total. The normalized spacial score (nSPS) is 10.7. The highest BCUT2D eigenvalue weighted by molar-refractivity contribution is 5.95. The highest BCUT2D eigenvalue weighted by Gasteiger charge is 2.15. The molecule has 0 fully saturated rings. The van der Waals surface area contributed by atoms with Gasteiger partial charge in [0.25, 0.3) is 5.91 Å². The Kier molecular flexibility index (Phi) is 4.85. The third-order valence-electron chi connectivity index (χ3n) is 3.90. The van der Waals surface area contributed by atoms with E-state index in [1.165, 1.54) is 18.3 Å². The van der Waals surface area contributed by atoms with Gasteiger partial charge in [-0.3, -0.25) is 9.78 Å². The van der Waals surface area contributed by atoms with Crippen molar-refractivity contribution in [3.63, 3.8) is 0 Å². The number of nitrogens with zero attached hydrogens (tertiary/aromatic N) is 3. The van der Waals surface area contributed by atoms with E-state index in [4.69, 9.17) is 5.11 Å². The summed E-state index contributed by atoms with van der Waals surface area (Å²) in [6, 6.07) is 7.98. The Hall–Kier alpha value is -3.06. The summed E-state index contributed by atoms with van der Waals surface area (Å²) in [6.45, 7) is 1.65. The van der Waals surface area contributed by atoms with E-state index in [0.717, 1.165) is 5.69 Å². The van der Waals surface area contributed by atoms with Gasteiger partial charge in [0.2, 0.25) is 0 Å². The summed E-state index contributed by atoms with van der Waals surface area (Å²) in [5.74, 6) is -0.736. The first-order valence-corrected chi connectivity index (χ1v) is 7.71. The number of benzene rings is 1. The van der Waals surface area contributed by atoms with Crippen LogP contribution in [0.2, 0.25) is 0 Å². The zero-order valence-electron chi connectivity index (χ0n) is 13.6. The van der Waals surface area contributed by atoms with Gasteiger partial charge in [-0.25, -0.2) is 9.07 Å². The standard InChI is InChI=1S/C18H17FN4O2/c1-12-16(10-22-23(12)15-4-6-20-7-5-15)18(25)21-9-13-2-3-17(19)14(8-13)11-24/h2-8,10,24H,9,11H2,1H3,(H,21,25). The highest BCUT2D eigenvalue weighted by atomic mass is 19.1. The van der Waals surface area contributed by atoms with Crippen LogP contribution >= 0.6 is 0 Å². The fraction of sp³-hybridized carbons (Fsp3) is 0.167. The highest BCUT2D eigenvalue weighted by Crippen LogP contribution is 2.14. The summed E-state index contributed by atoms with van der Waals surface area (Å²) in [7, 11) is 0. The van der Waals surface area contributed by atoms with E-state index in [-0.39, 0.29) is 24.6 Å². The molecule has 7 heteroatoms. The SMILES string of the molecule is Cc1c(C(=O)NCc2ccc(F)c(CO)c2)cnn1-c1ccncc1. The Bertz CT molecular complexity index is 893. The molecule has 0 aliphatic heterocycles. The molecule has 0 atom stereocenters. The molecule has 3 rings (SSSR count). The number of hydrogen-bond acceptors (Lipinski definition) is 4. The van der Waals surface area contributed by atoms with Crippen LogP contribution in [0, 0.1) is 12.7 Å². The number of nitrogens with one attached hydrogen (secondary N) is 1. The predicted molar refractivity (Wildman–Crippen MR) is 89.6 cm³/mol. The van der Waals surface area contributed by atoms with Crippen molar-refractivity contribution in [1.29, 1.82) is 0 Å². The maximum absolute atomic E-state index is 13.4. The van der Waals surface area contributed by atoms with Gasteiger partial charge in [0.1, 0.15) is 5.82 Å². The minimum Gasteiger partial charge on any atom is -0.392 e. The molecule has 3 aromatic rings. The Morgan fingerprint density at radius 1 is 1.28 bits per heavy atom. The Balaban J connectivity index is 1.73. The molecule has 0 aliphatic rings. The molecule has 0 unspecified atom stereocenters. The third kappa shape index (κ3) is 3.56. The molecular formula is C18H17FN4O2. The van der Waals surface area contributed by atoms with Crippen molar-refractivity contribution >= 4 is 5.91 Å². The zero-order valence-corrected chi connectivity index (χ0v) is 13.6. The molecule has 0 bridgehead atoms. The summed E-state index contributed by atoms with van der Waals surface area (Å²) in [5.41, 5.74) is 2.89. The minimum atomic E-state index is -0.466. The summed E-state index contributed by atoms with van der Waals surface area (Å²) >= 11 is 0. The van der Waals surface area contributed by atoms with E-state index in [0.29, 0.717) is 16.8 Å². The van der Waals surface area contributed by atoms with E-state index >= 15 is 0 Å². The van der Waals surface area contributed by atoms with E-state index in [1.807, 2.05) is 6.92 Å². The zero-order chi connectivity index (χ0) is 17.8. The van der Waals surface area contributed by atoms with Crippen LogP contribution in [0.1, 0.15) is 27.2 Å². The maximum Gasteiger partial charge on any atom is 0.255 e. The van der Waals surface area contributed by atoms with Crippen LogP contribution in [0.15, 0.2) is 48.9 Å². The molecule has 25 heavy (non-hydrogen) atoms. The fourth-order valence-electron chi connectivity index (χ4n) is 2.51. The van der Waals surface area contributed by atoms with Crippen LogP contribution in [0.3, 0.4) is 0 Å². The smallest absolute Gasteiger partial charge is 0.255 e. The molecule has 0 aliphatic carbocycles. The van der Waals surface area contributed by atoms with Crippen LogP contribution in [0.25, 0.3) is 5.69 Å². The quantitative estimate of drug-likeness (QED) is 0.746. The van der Waals surface area contributed by atoms with E-state index in [1.54, 1.807) is 35.3 Å². The van der Waals surface area contributed by atoms with Gasteiger partial charge in [-0.05, 0) is 36.8 Å². The van der Waals surface area contributed by atoms with Crippen molar-refractivity contribution in [3.8, 4) is 5.69 Å². The van der Waals surface area contributed by atoms with Gasteiger partial charge in [-0.2, -0.15) is 5.10 Å². The Morgan fingerprint density at radius 2 is 2.04 bits per heavy atom. The molecule has 0 saturated carbocycles. The number of aromatic nitrogens is 3. The molecule has 2 heterocycles. The van der Waals surface area contributed by atoms with Crippen LogP contribution in [-0.4, -0.2) is 25.8 Å². The molecule has 0 saturated heterocycles. The van der Waals surface area contributed by atoms with Crippen LogP contribution in [0.4, 0.5) is 4.39 Å². The topological polar surface area (TPSA) is 80.0 Å². The van der Waals surface area contributed by atoms with Crippen LogP contribution in [0.5, 0.6) is 0 Å². The first kappa shape index (κ1) is 16.8. The lowest BCUT2D eigenvalue weighted by molar-refractivity contribution is 0.0950. The molecular weight excluding hydrogens is 323 g/mol. The number of aliphatic hydroxyl groups excluding tert-OH is 1. The van der Waals surface area contributed by atoms with Crippen molar-refractivity contribution in [2.45, 2.75) is 20.1 Å².